The maximum absolute atomic E-state index is 11.7. The topological polar surface area (TPSA) is 78.9 Å². The molecule has 116 valence electrons. The first-order valence-corrected chi connectivity index (χ1v) is 7.55. The van der Waals surface area contributed by atoms with Gasteiger partial charge in [0.15, 0.2) is 0 Å². The Hall–Kier alpha value is -1.70. The average molecular weight is 314 g/mol. The molecule has 0 spiro atoms. The summed E-state index contributed by atoms with van der Waals surface area (Å²) in [5.74, 6) is -0.651. The van der Waals surface area contributed by atoms with Crippen LogP contribution in [0, 0.1) is 0 Å². The molecule has 0 saturated heterocycles. The SMILES string of the molecule is C=CC(=O)OCCOS(=O)(=O)OC(C)(C)c1ccccc1. The normalized spacial score (nSPS) is 11.9. The Morgan fingerprint density at radius 2 is 1.86 bits per heavy atom. The Balaban J connectivity index is 2.56. The van der Waals surface area contributed by atoms with Crippen molar-refractivity contribution in [2.45, 2.75) is 19.4 Å². The fraction of sp³-hybridized carbons (Fsp3) is 0.357. The highest BCUT2D eigenvalue weighted by Crippen LogP contribution is 2.26. The summed E-state index contributed by atoms with van der Waals surface area (Å²) in [5, 5.41) is 0. The molecule has 1 aromatic carbocycles. The molecular weight excluding hydrogens is 296 g/mol. The van der Waals surface area contributed by atoms with Gasteiger partial charge in [-0.3, -0.25) is 0 Å². The second kappa shape index (κ2) is 7.35. The molecule has 0 aliphatic carbocycles. The Morgan fingerprint density at radius 3 is 2.43 bits per heavy atom. The number of esters is 1. The number of ether oxygens (including phenoxy) is 1. The van der Waals surface area contributed by atoms with Crippen molar-refractivity contribution in [2.24, 2.45) is 0 Å². The zero-order valence-electron chi connectivity index (χ0n) is 11.9. The smallest absolute Gasteiger partial charge is 0.400 e. The van der Waals surface area contributed by atoms with E-state index >= 15 is 0 Å². The first-order chi connectivity index (χ1) is 9.77. The molecule has 0 aliphatic rings. The zero-order chi connectivity index (χ0) is 15.9. The number of rotatable bonds is 8. The first kappa shape index (κ1) is 17.4. The summed E-state index contributed by atoms with van der Waals surface area (Å²) >= 11 is 0. The first-order valence-electron chi connectivity index (χ1n) is 6.21. The summed E-state index contributed by atoms with van der Waals surface area (Å²) in [7, 11) is -4.21. The minimum atomic E-state index is -4.21. The molecule has 0 aliphatic heterocycles. The maximum Gasteiger partial charge on any atom is 0.400 e. The van der Waals surface area contributed by atoms with Gasteiger partial charge < -0.3 is 4.74 Å². The van der Waals surface area contributed by atoms with E-state index in [0.29, 0.717) is 5.56 Å². The van der Waals surface area contributed by atoms with E-state index in [1.165, 1.54) is 0 Å². The second-order valence-electron chi connectivity index (χ2n) is 4.56. The van der Waals surface area contributed by atoms with Crippen molar-refractivity contribution >= 4 is 16.4 Å². The standard InChI is InChI=1S/C14H18O6S/c1-4-13(15)18-10-11-19-21(16,17)20-14(2,3)12-8-6-5-7-9-12/h4-9H,1,10-11H2,2-3H3. The molecule has 6 nitrogen and oxygen atoms in total. The van der Waals surface area contributed by atoms with Crippen molar-refractivity contribution in [1.29, 1.82) is 0 Å². The second-order valence-corrected chi connectivity index (χ2v) is 5.78. The Bertz CT molecular complexity index is 577. The van der Waals surface area contributed by atoms with Crippen molar-refractivity contribution in [3.05, 3.63) is 48.6 Å². The van der Waals surface area contributed by atoms with Crippen LogP contribution >= 0.6 is 0 Å². The maximum atomic E-state index is 11.7. The minimum absolute atomic E-state index is 0.209. The molecule has 0 bridgehead atoms. The lowest BCUT2D eigenvalue weighted by molar-refractivity contribution is -0.138. The van der Waals surface area contributed by atoms with Gasteiger partial charge in [0.1, 0.15) is 18.8 Å². The fourth-order valence-corrected chi connectivity index (χ4v) is 2.43. The van der Waals surface area contributed by atoms with Crippen LogP contribution in [0.1, 0.15) is 19.4 Å². The van der Waals surface area contributed by atoms with Gasteiger partial charge in [0.2, 0.25) is 0 Å². The van der Waals surface area contributed by atoms with Gasteiger partial charge >= 0.3 is 16.4 Å². The third-order valence-corrected chi connectivity index (χ3v) is 3.58. The van der Waals surface area contributed by atoms with Crippen LogP contribution < -0.4 is 0 Å². The molecular formula is C14H18O6S. The minimum Gasteiger partial charge on any atom is -0.460 e. The Labute approximate surface area is 124 Å². The Kier molecular flexibility index (Phi) is 6.07. The summed E-state index contributed by atoms with van der Waals surface area (Å²) in [6, 6.07) is 8.88. The van der Waals surface area contributed by atoms with Crippen molar-refractivity contribution in [2.75, 3.05) is 13.2 Å². The Morgan fingerprint density at radius 1 is 1.24 bits per heavy atom. The summed E-state index contributed by atoms with van der Waals surface area (Å²) < 4.78 is 37.7. The highest BCUT2D eigenvalue weighted by molar-refractivity contribution is 7.81. The number of hydrogen-bond acceptors (Lipinski definition) is 6. The van der Waals surface area contributed by atoms with Crippen LogP contribution in [0.2, 0.25) is 0 Å². The van der Waals surface area contributed by atoms with E-state index in [1.54, 1.807) is 38.1 Å². The van der Waals surface area contributed by atoms with Gasteiger partial charge in [-0.15, -0.1) is 0 Å². The lowest BCUT2D eigenvalue weighted by Crippen LogP contribution is -2.27. The highest BCUT2D eigenvalue weighted by Gasteiger charge is 2.29. The quantitative estimate of drug-likeness (QED) is 0.414. The molecule has 1 rings (SSSR count). The molecule has 0 amide bonds. The van der Waals surface area contributed by atoms with Gasteiger partial charge in [-0.05, 0) is 19.4 Å². The molecule has 7 heteroatoms. The lowest BCUT2D eigenvalue weighted by atomic mass is 9.99. The van der Waals surface area contributed by atoms with E-state index in [-0.39, 0.29) is 13.2 Å². The monoisotopic (exact) mass is 314 g/mol. The van der Waals surface area contributed by atoms with Crippen molar-refractivity contribution in [1.82, 2.24) is 0 Å². The third-order valence-electron chi connectivity index (χ3n) is 2.50. The largest absolute Gasteiger partial charge is 0.460 e. The molecule has 0 radical (unpaired) electrons. The number of carbonyl (C=O) groups is 1. The molecule has 0 saturated carbocycles. The molecule has 0 atom stereocenters. The molecule has 0 N–H and O–H groups in total. The molecule has 0 unspecified atom stereocenters. The van der Waals surface area contributed by atoms with Crippen LogP contribution in [-0.4, -0.2) is 27.6 Å². The van der Waals surface area contributed by atoms with Gasteiger partial charge in [0.25, 0.3) is 0 Å². The van der Waals surface area contributed by atoms with Crippen LogP contribution in [0.15, 0.2) is 43.0 Å². The number of benzene rings is 1. The van der Waals surface area contributed by atoms with Crippen molar-refractivity contribution in [3.8, 4) is 0 Å². The van der Waals surface area contributed by atoms with Crippen molar-refractivity contribution in [3.63, 3.8) is 0 Å². The average Bonchev–Trinajstić information content (AvgIpc) is 2.43. The lowest BCUT2D eigenvalue weighted by Gasteiger charge is -2.24. The van der Waals surface area contributed by atoms with E-state index < -0.39 is 22.0 Å². The van der Waals surface area contributed by atoms with Gasteiger partial charge in [-0.1, -0.05) is 36.9 Å². The van der Waals surface area contributed by atoms with Crippen molar-refractivity contribution < 1.29 is 26.3 Å². The molecule has 0 heterocycles. The fourth-order valence-electron chi connectivity index (χ4n) is 1.50. The zero-order valence-corrected chi connectivity index (χ0v) is 12.8. The molecule has 21 heavy (non-hydrogen) atoms. The van der Waals surface area contributed by atoms with Gasteiger partial charge in [0.05, 0.1) is 0 Å². The molecule has 0 fully saturated rings. The van der Waals surface area contributed by atoms with Crippen LogP contribution in [0.25, 0.3) is 0 Å². The predicted molar refractivity (Wildman–Crippen MR) is 76.6 cm³/mol. The van der Waals surface area contributed by atoms with Crippen LogP contribution in [0.4, 0.5) is 0 Å². The van der Waals surface area contributed by atoms with Crippen LogP contribution in [-0.2, 0) is 33.9 Å². The summed E-state index contributed by atoms with van der Waals surface area (Å²) in [4.78, 5) is 10.8. The predicted octanol–water partition coefficient (Wildman–Crippen LogP) is 1.93. The van der Waals surface area contributed by atoms with Gasteiger partial charge in [0, 0.05) is 6.08 Å². The van der Waals surface area contributed by atoms with E-state index in [2.05, 4.69) is 15.5 Å². The summed E-state index contributed by atoms with van der Waals surface area (Å²) in [6.45, 7) is 5.90. The summed E-state index contributed by atoms with van der Waals surface area (Å²) in [6.07, 6.45) is 0.976. The van der Waals surface area contributed by atoms with E-state index in [1.807, 2.05) is 6.07 Å². The van der Waals surface area contributed by atoms with Gasteiger partial charge in [-0.25, -0.2) is 13.2 Å². The van der Waals surface area contributed by atoms with Crippen LogP contribution in [0.3, 0.4) is 0 Å². The molecule has 1 aromatic rings. The van der Waals surface area contributed by atoms with E-state index in [4.69, 9.17) is 4.18 Å². The van der Waals surface area contributed by atoms with Gasteiger partial charge in [-0.2, -0.15) is 8.42 Å². The molecule has 0 aromatic heterocycles. The van der Waals surface area contributed by atoms with Crippen LogP contribution in [0.5, 0.6) is 0 Å². The number of carbonyl (C=O) groups excluding carboxylic acids is 1. The van der Waals surface area contributed by atoms with E-state index in [9.17, 15) is 13.2 Å². The van der Waals surface area contributed by atoms with E-state index in [0.717, 1.165) is 6.08 Å². The number of hydrogen-bond donors (Lipinski definition) is 0. The highest BCUT2D eigenvalue weighted by atomic mass is 32.3. The summed E-state index contributed by atoms with van der Waals surface area (Å²) in [5.41, 5.74) is -0.381. The third kappa shape index (κ3) is 6.07.